The number of halogens is 3. The van der Waals surface area contributed by atoms with Gasteiger partial charge < -0.3 is 15.2 Å². The standard InChI is InChI=1S/C17H15Cl2FN2O3S/c1-2-24-14-7-9(16(23)22-17(21)26)6-12(19)15(14)25-8-10-11(18)4-3-5-13(10)20/h3-7H,2,8H2,1H3,(H3,21,22,23,26). The minimum absolute atomic E-state index is 0.108. The number of carbonyl (C=O) groups is 1. The van der Waals surface area contributed by atoms with Crippen LogP contribution >= 0.6 is 35.4 Å². The first-order valence-corrected chi connectivity index (χ1v) is 8.62. The molecule has 0 unspecified atom stereocenters. The fraction of sp³-hybridized carbons (Fsp3) is 0.176. The molecule has 2 aromatic rings. The van der Waals surface area contributed by atoms with E-state index in [0.717, 1.165) is 0 Å². The fourth-order valence-corrected chi connectivity index (χ4v) is 2.68. The van der Waals surface area contributed by atoms with Gasteiger partial charge in [0.15, 0.2) is 16.6 Å². The van der Waals surface area contributed by atoms with Gasteiger partial charge in [-0.2, -0.15) is 0 Å². The second kappa shape index (κ2) is 9.02. The van der Waals surface area contributed by atoms with Crippen LogP contribution in [-0.2, 0) is 6.61 Å². The quantitative estimate of drug-likeness (QED) is 0.693. The summed E-state index contributed by atoms with van der Waals surface area (Å²) in [5.41, 5.74) is 5.66. The molecule has 0 aliphatic rings. The van der Waals surface area contributed by atoms with E-state index in [9.17, 15) is 9.18 Å². The van der Waals surface area contributed by atoms with Crippen LogP contribution in [0.1, 0.15) is 22.8 Å². The van der Waals surface area contributed by atoms with Crippen molar-refractivity contribution in [3.05, 3.63) is 57.3 Å². The van der Waals surface area contributed by atoms with Gasteiger partial charge in [-0.3, -0.25) is 10.1 Å². The van der Waals surface area contributed by atoms with Crippen molar-refractivity contribution in [2.24, 2.45) is 5.73 Å². The SMILES string of the molecule is CCOc1cc(C(=O)NC(N)=S)cc(Cl)c1OCc1c(F)cccc1Cl. The van der Waals surface area contributed by atoms with Crippen molar-refractivity contribution < 1.29 is 18.7 Å². The van der Waals surface area contributed by atoms with Gasteiger partial charge in [-0.25, -0.2) is 4.39 Å². The first kappa shape index (κ1) is 20.2. The molecule has 0 aliphatic heterocycles. The Morgan fingerprint density at radius 2 is 2.00 bits per heavy atom. The molecule has 0 bridgehead atoms. The highest BCUT2D eigenvalue weighted by atomic mass is 35.5. The van der Waals surface area contributed by atoms with Crippen LogP contribution in [-0.4, -0.2) is 17.6 Å². The highest BCUT2D eigenvalue weighted by Crippen LogP contribution is 2.37. The van der Waals surface area contributed by atoms with Crippen molar-refractivity contribution in [1.82, 2.24) is 5.32 Å². The Hall–Kier alpha value is -2.09. The summed E-state index contributed by atoms with van der Waals surface area (Å²) in [6.07, 6.45) is 0. The maximum absolute atomic E-state index is 13.9. The topological polar surface area (TPSA) is 73.6 Å². The summed E-state index contributed by atoms with van der Waals surface area (Å²) >= 11 is 16.9. The van der Waals surface area contributed by atoms with Crippen LogP contribution in [0, 0.1) is 5.82 Å². The number of ether oxygens (including phenoxy) is 2. The van der Waals surface area contributed by atoms with Crippen molar-refractivity contribution in [3.63, 3.8) is 0 Å². The molecule has 0 saturated heterocycles. The zero-order chi connectivity index (χ0) is 19.3. The Morgan fingerprint density at radius 1 is 1.27 bits per heavy atom. The fourth-order valence-electron chi connectivity index (χ4n) is 2.10. The molecule has 1 amide bonds. The van der Waals surface area contributed by atoms with Crippen LogP contribution in [0.15, 0.2) is 30.3 Å². The van der Waals surface area contributed by atoms with E-state index in [1.54, 1.807) is 13.0 Å². The van der Waals surface area contributed by atoms with E-state index in [0.29, 0.717) is 6.61 Å². The van der Waals surface area contributed by atoms with E-state index < -0.39 is 11.7 Å². The van der Waals surface area contributed by atoms with Gasteiger partial charge in [-0.05, 0) is 43.4 Å². The molecule has 0 saturated carbocycles. The normalized spacial score (nSPS) is 10.3. The third-order valence-corrected chi connectivity index (χ3v) is 3.97. The molecule has 0 atom stereocenters. The predicted octanol–water partition coefficient (Wildman–Crippen LogP) is 4.08. The largest absolute Gasteiger partial charge is 0.490 e. The highest BCUT2D eigenvalue weighted by Gasteiger charge is 2.18. The van der Waals surface area contributed by atoms with E-state index in [1.807, 2.05) is 0 Å². The Labute approximate surface area is 165 Å². The maximum atomic E-state index is 13.9. The third kappa shape index (κ3) is 4.97. The molecule has 0 spiro atoms. The molecule has 26 heavy (non-hydrogen) atoms. The van der Waals surface area contributed by atoms with Gasteiger partial charge in [0.2, 0.25) is 0 Å². The molecule has 3 N–H and O–H groups in total. The summed E-state index contributed by atoms with van der Waals surface area (Å²) in [5.74, 6) is -0.650. The van der Waals surface area contributed by atoms with Crippen molar-refractivity contribution in [2.45, 2.75) is 13.5 Å². The summed E-state index contributed by atoms with van der Waals surface area (Å²) in [7, 11) is 0. The molecule has 0 fully saturated rings. The average molecular weight is 417 g/mol. The summed E-state index contributed by atoms with van der Waals surface area (Å²) in [4.78, 5) is 12.0. The summed E-state index contributed by atoms with van der Waals surface area (Å²) in [6, 6.07) is 7.13. The number of nitrogens with two attached hydrogens (primary N) is 1. The van der Waals surface area contributed by atoms with Crippen LogP contribution in [0.2, 0.25) is 10.0 Å². The smallest absolute Gasteiger partial charge is 0.257 e. The molecule has 2 rings (SSSR count). The van der Waals surface area contributed by atoms with E-state index in [4.69, 9.17) is 38.4 Å². The zero-order valence-electron chi connectivity index (χ0n) is 13.6. The van der Waals surface area contributed by atoms with Gasteiger partial charge >= 0.3 is 0 Å². The molecule has 9 heteroatoms. The van der Waals surface area contributed by atoms with Gasteiger partial charge in [0, 0.05) is 11.1 Å². The molecule has 138 valence electrons. The van der Waals surface area contributed by atoms with Crippen molar-refractivity contribution in [1.29, 1.82) is 0 Å². The molecule has 0 aliphatic carbocycles. The molecule has 0 aromatic heterocycles. The van der Waals surface area contributed by atoms with Crippen molar-refractivity contribution in [2.75, 3.05) is 6.61 Å². The number of hydrogen-bond donors (Lipinski definition) is 2. The summed E-state index contributed by atoms with van der Waals surface area (Å²) < 4.78 is 25.0. The number of thiocarbonyl (C=S) groups is 1. The maximum Gasteiger partial charge on any atom is 0.257 e. The van der Waals surface area contributed by atoms with Gasteiger partial charge in [-0.1, -0.05) is 29.3 Å². The van der Waals surface area contributed by atoms with Gasteiger partial charge in [0.1, 0.15) is 12.4 Å². The second-order valence-corrected chi connectivity index (χ2v) is 6.28. The zero-order valence-corrected chi connectivity index (χ0v) is 16.0. The van der Waals surface area contributed by atoms with E-state index in [1.165, 1.54) is 24.3 Å². The number of benzene rings is 2. The van der Waals surface area contributed by atoms with Gasteiger partial charge in [0.25, 0.3) is 5.91 Å². The van der Waals surface area contributed by atoms with Crippen LogP contribution in [0.3, 0.4) is 0 Å². The monoisotopic (exact) mass is 416 g/mol. The number of rotatable bonds is 6. The lowest BCUT2D eigenvalue weighted by Gasteiger charge is -2.16. The number of hydrogen-bond acceptors (Lipinski definition) is 4. The molecule has 0 radical (unpaired) electrons. The molecule has 0 heterocycles. The van der Waals surface area contributed by atoms with E-state index >= 15 is 0 Å². The lowest BCUT2D eigenvalue weighted by Crippen LogP contribution is -2.34. The minimum Gasteiger partial charge on any atom is -0.490 e. The summed E-state index contributed by atoms with van der Waals surface area (Å²) in [5, 5.41) is 2.46. The first-order chi connectivity index (χ1) is 12.3. The van der Waals surface area contributed by atoms with Gasteiger partial charge in [-0.15, -0.1) is 0 Å². The van der Waals surface area contributed by atoms with Crippen LogP contribution in [0.25, 0.3) is 0 Å². The Bertz CT molecular complexity index is 829. The van der Waals surface area contributed by atoms with Gasteiger partial charge in [0.05, 0.1) is 16.7 Å². The molecule has 2 aromatic carbocycles. The first-order valence-electron chi connectivity index (χ1n) is 7.46. The van der Waals surface area contributed by atoms with Crippen LogP contribution in [0.5, 0.6) is 11.5 Å². The number of nitrogens with one attached hydrogen (secondary N) is 1. The lowest BCUT2D eigenvalue weighted by molar-refractivity contribution is 0.0977. The Balaban J connectivity index is 2.32. The molecular formula is C17H15Cl2FN2O3S. The van der Waals surface area contributed by atoms with Crippen LogP contribution < -0.4 is 20.5 Å². The minimum atomic E-state index is -0.538. The lowest BCUT2D eigenvalue weighted by atomic mass is 10.2. The average Bonchev–Trinajstić information content (AvgIpc) is 2.55. The summed E-state index contributed by atoms with van der Waals surface area (Å²) in [6.45, 7) is 1.89. The van der Waals surface area contributed by atoms with E-state index in [-0.39, 0.29) is 44.4 Å². The molecule has 5 nitrogen and oxygen atoms in total. The van der Waals surface area contributed by atoms with Crippen molar-refractivity contribution >= 4 is 46.4 Å². The van der Waals surface area contributed by atoms with Crippen LogP contribution in [0.4, 0.5) is 4.39 Å². The number of carbonyl (C=O) groups excluding carboxylic acids is 1. The molecular weight excluding hydrogens is 402 g/mol. The van der Waals surface area contributed by atoms with E-state index in [2.05, 4.69) is 17.5 Å². The Kier molecular flexibility index (Phi) is 7.02. The third-order valence-electron chi connectivity index (χ3n) is 3.23. The Morgan fingerprint density at radius 3 is 2.62 bits per heavy atom. The van der Waals surface area contributed by atoms with Crippen molar-refractivity contribution in [3.8, 4) is 11.5 Å². The highest BCUT2D eigenvalue weighted by molar-refractivity contribution is 7.80. The second-order valence-electron chi connectivity index (χ2n) is 5.03. The number of amides is 1. The predicted molar refractivity (Wildman–Crippen MR) is 103 cm³/mol.